The number of phenolic OH excluding ortho intramolecular Hbond substituents is 2. The van der Waals surface area contributed by atoms with Gasteiger partial charge in [0.25, 0.3) is 0 Å². The number of aliphatic hydroxyl groups excluding tert-OH is 3. The molecule has 0 aromatic heterocycles. The highest BCUT2D eigenvalue weighted by Crippen LogP contribution is 2.70. The molecule has 0 bridgehead atoms. The van der Waals surface area contributed by atoms with Crippen LogP contribution in [-0.2, 0) is 24.2 Å². The number of hydrogen-bond acceptors (Lipinski definition) is 9. The van der Waals surface area contributed by atoms with E-state index < -0.39 is 42.0 Å². The van der Waals surface area contributed by atoms with Gasteiger partial charge >= 0.3 is 0 Å². The first-order valence-corrected chi connectivity index (χ1v) is 21.4. The van der Waals surface area contributed by atoms with Crippen molar-refractivity contribution in [3.05, 3.63) is 45.5 Å². The van der Waals surface area contributed by atoms with Crippen LogP contribution < -0.4 is 9.47 Å². The Kier molecular flexibility index (Phi) is 8.36. The van der Waals surface area contributed by atoms with E-state index in [0.717, 1.165) is 38.5 Å². The summed E-state index contributed by atoms with van der Waals surface area (Å²) < 4.78 is 21.2. The topological polar surface area (TPSA) is 146 Å². The van der Waals surface area contributed by atoms with Crippen LogP contribution in [0.25, 0.3) is 0 Å². The third kappa shape index (κ3) is 4.50. The number of benzene rings is 2. The molecule has 4 saturated carbocycles. The summed E-state index contributed by atoms with van der Waals surface area (Å²) in [4.78, 5) is 15.1. The minimum Gasteiger partial charge on any atom is -0.508 e. The van der Waals surface area contributed by atoms with Crippen LogP contribution in [0, 0.1) is 45.3 Å². The Labute approximate surface area is 332 Å². The minimum absolute atomic E-state index is 0.0399. The van der Waals surface area contributed by atoms with E-state index >= 15 is 4.79 Å². The lowest BCUT2D eigenvalue weighted by Crippen LogP contribution is -2.66. The molecule has 9 rings (SSSR count). The lowest BCUT2D eigenvalue weighted by Gasteiger charge is -2.64. The number of fused-ring (bicyclic) bond motifs is 8. The fraction of sp³-hybridized carbons (Fsp3) is 0.723. The van der Waals surface area contributed by atoms with Crippen molar-refractivity contribution in [2.45, 2.75) is 162 Å². The van der Waals surface area contributed by atoms with Crippen LogP contribution in [0.3, 0.4) is 0 Å². The summed E-state index contributed by atoms with van der Waals surface area (Å²) in [6.45, 7) is 17.4. The number of rotatable bonds is 3. The second-order valence-electron chi connectivity index (χ2n) is 21.1. The summed E-state index contributed by atoms with van der Waals surface area (Å²) in [7, 11) is 1.60. The highest BCUT2D eigenvalue weighted by Gasteiger charge is 2.69. The van der Waals surface area contributed by atoms with E-state index in [1.165, 1.54) is 0 Å². The Morgan fingerprint density at radius 3 is 1.64 bits per heavy atom. The van der Waals surface area contributed by atoms with Crippen molar-refractivity contribution >= 4 is 5.78 Å². The van der Waals surface area contributed by atoms with Crippen molar-refractivity contribution in [1.82, 2.24) is 0 Å². The van der Waals surface area contributed by atoms with Crippen molar-refractivity contribution in [2.75, 3.05) is 7.11 Å². The van der Waals surface area contributed by atoms with Crippen molar-refractivity contribution in [3.63, 3.8) is 0 Å². The van der Waals surface area contributed by atoms with E-state index in [0.29, 0.717) is 70.6 Å². The standard InChI is InChI=1S/C47H64O9/c1-23-10-12-31-42(3,4)33(51)14-16-44(31,7)46(23)20-27-29(49)18-25(22-48)35(39(27)55-46)37-38(53)26-19-30(50)28-21-47(56-40(28)36(26)41(37)54-9)24(2)11-13-32-43(5,6)34(52)15-17-45(32,47)8/h18-19,23-24,31-34,37,41,48-52H,10-17,20-22H2,1-9H3/t23-,24-,31+,32+,33-,34-,37+,41+,44+,45+,46-,47-/m1/s1. The van der Waals surface area contributed by atoms with Gasteiger partial charge in [0.15, 0.2) is 5.78 Å². The third-order valence-electron chi connectivity index (χ3n) is 18.4. The number of ketones is 1. The zero-order chi connectivity index (χ0) is 40.3. The molecule has 9 nitrogen and oxygen atoms in total. The number of hydrogen-bond donors (Lipinski definition) is 5. The van der Waals surface area contributed by atoms with Gasteiger partial charge in [-0.05, 0) is 104 Å². The second-order valence-corrected chi connectivity index (χ2v) is 21.1. The normalized spacial score (nSPS) is 42.8. The summed E-state index contributed by atoms with van der Waals surface area (Å²) in [5, 5.41) is 56.9. The van der Waals surface area contributed by atoms with E-state index in [4.69, 9.17) is 14.2 Å². The molecule has 0 saturated heterocycles. The van der Waals surface area contributed by atoms with Gasteiger partial charge < -0.3 is 39.7 Å². The molecule has 7 aliphatic rings. The maximum Gasteiger partial charge on any atom is 0.174 e. The SMILES string of the molecule is CO[C@H]1c2c(cc(O)c3c2O[C@]2(C3)[C@H](C)CC[C@H]3C(C)(C)[C@H](O)CC[C@@]32C)C(=O)[C@@H]1c1c(CO)cc(O)c2c1O[C@]1(C2)[C@H](C)CC[C@H]2C(C)(C)[C@H](O)CC[C@@]21C. The third-order valence-corrected chi connectivity index (χ3v) is 18.4. The minimum atomic E-state index is -0.921. The zero-order valence-electron chi connectivity index (χ0n) is 34.9. The number of Topliss-reactive ketones (excluding diaryl/α,β-unsaturated/α-hetero) is 1. The molecule has 0 radical (unpaired) electrons. The van der Waals surface area contributed by atoms with Gasteiger partial charge in [-0.25, -0.2) is 0 Å². The van der Waals surface area contributed by atoms with Crippen LogP contribution in [-0.4, -0.2) is 61.8 Å². The number of aromatic hydroxyl groups is 2. The van der Waals surface area contributed by atoms with Crippen LogP contribution in [0.1, 0.15) is 157 Å². The largest absolute Gasteiger partial charge is 0.508 e. The van der Waals surface area contributed by atoms with Gasteiger partial charge in [-0.3, -0.25) is 4.79 Å². The first kappa shape index (κ1) is 38.7. The van der Waals surface area contributed by atoms with Gasteiger partial charge in [0, 0.05) is 58.6 Å². The first-order chi connectivity index (χ1) is 26.3. The fourth-order valence-electron chi connectivity index (χ4n) is 15.0. The summed E-state index contributed by atoms with van der Waals surface area (Å²) in [5.41, 5.74) is 0.629. The molecule has 306 valence electrons. The van der Waals surface area contributed by atoms with Crippen LogP contribution in [0.2, 0.25) is 0 Å². The Hall–Kier alpha value is -2.85. The molecule has 2 aliphatic heterocycles. The van der Waals surface area contributed by atoms with Gasteiger partial charge in [-0.1, -0.05) is 55.4 Å². The Morgan fingerprint density at radius 2 is 1.18 bits per heavy atom. The molecule has 2 aromatic carbocycles. The summed E-state index contributed by atoms with van der Waals surface area (Å²) >= 11 is 0. The first-order valence-electron chi connectivity index (χ1n) is 21.4. The quantitative estimate of drug-likeness (QED) is 0.209. The molecular weight excluding hydrogens is 709 g/mol. The Bertz CT molecular complexity index is 2000. The molecule has 4 fully saturated rings. The highest BCUT2D eigenvalue weighted by atomic mass is 16.5. The number of ether oxygens (including phenoxy) is 3. The van der Waals surface area contributed by atoms with Crippen LogP contribution in [0.15, 0.2) is 12.1 Å². The predicted octanol–water partition coefficient (Wildman–Crippen LogP) is 8.07. The monoisotopic (exact) mass is 772 g/mol. The maximum atomic E-state index is 15.1. The molecule has 56 heavy (non-hydrogen) atoms. The van der Waals surface area contributed by atoms with Crippen molar-refractivity contribution in [1.29, 1.82) is 0 Å². The Balaban J connectivity index is 1.17. The van der Waals surface area contributed by atoms with Crippen LogP contribution in [0.5, 0.6) is 23.0 Å². The molecule has 2 aromatic rings. The van der Waals surface area contributed by atoms with E-state index in [9.17, 15) is 25.5 Å². The summed E-state index contributed by atoms with van der Waals surface area (Å²) in [6, 6.07) is 3.19. The van der Waals surface area contributed by atoms with E-state index in [-0.39, 0.29) is 62.6 Å². The molecule has 5 N–H and O–H groups in total. The molecule has 2 heterocycles. The molecular formula is C47H64O9. The highest BCUT2D eigenvalue weighted by molar-refractivity contribution is 6.08. The molecule has 0 unspecified atom stereocenters. The van der Waals surface area contributed by atoms with Crippen LogP contribution in [0.4, 0.5) is 0 Å². The summed E-state index contributed by atoms with van der Waals surface area (Å²) in [6.07, 6.45) is 6.03. The van der Waals surface area contributed by atoms with Gasteiger partial charge in [0.05, 0.1) is 24.7 Å². The number of carbonyl (C=O) groups excluding carboxylic acids is 1. The number of carbonyl (C=O) groups is 1. The van der Waals surface area contributed by atoms with Gasteiger partial charge in [0.1, 0.15) is 40.3 Å². The van der Waals surface area contributed by atoms with Gasteiger partial charge in [-0.2, -0.15) is 0 Å². The van der Waals surface area contributed by atoms with E-state index in [1.54, 1.807) is 19.2 Å². The zero-order valence-corrected chi connectivity index (χ0v) is 34.9. The maximum absolute atomic E-state index is 15.1. The number of aliphatic hydroxyl groups is 3. The van der Waals surface area contributed by atoms with E-state index in [1.807, 2.05) is 0 Å². The van der Waals surface area contributed by atoms with Crippen molar-refractivity contribution in [2.24, 2.45) is 45.3 Å². The number of phenols is 2. The average molecular weight is 773 g/mol. The van der Waals surface area contributed by atoms with Crippen LogP contribution >= 0.6 is 0 Å². The molecule has 9 heteroatoms. The van der Waals surface area contributed by atoms with Gasteiger partial charge in [0.2, 0.25) is 0 Å². The smallest absolute Gasteiger partial charge is 0.174 e. The molecule has 2 spiro atoms. The molecule has 5 aliphatic carbocycles. The van der Waals surface area contributed by atoms with Crippen molar-refractivity contribution < 1.29 is 44.5 Å². The average Bonchev–Trinajstić information content (AvgIpc) is 3.83. The van der Waals surface area contributed by atoms with Gasteiger partial charge in [-0.15, -0.1) is 0 Å². The molecule has 0 amide bonds. The Morgan fingerprint density at radius 1 is 0.714 bits per heavy atom. The lowest BCUT2D eigenvalue weighted by molar-refractivity contribution is -0.210. The lowest BCUT2D eigenvalue weighted by atomic mass is 9.43. The molecule has 12 atom stereocenters. The second kappa shape index (κ2) is 12.1. The predicted molar refractivity (Wildman–Crippen MR) is 211 cm³/mol. The number of methoxy groups -OCH3 is 1. The summed E-state index contributed by atoms with van der Waals surface area (Å²) in [5.74, 6) is 0.563. The fourth-order valence-corrected chi connectivity index (χ4v) is 15.0. The van der Waals surface area contributed by atoms with Crippen molar-refractivity contribution in [3.8, 4) is 23.0 Å². The van der Waals surface area contributed by atoms with E-state index in [2.05, 4.69) is 55.4 Å².